The highest BCUT2D eigenvalue weighted by Gasteiger charge is 2.35. The number of carbonyl (C=O) groups is 3. The number of unbranched alkanes of at least 4 members (excludes halogenated alkanes) is 1. The van der Waals surface area contributed by atoms with Crippen LogP contribution in [0.15, 0.2) is 24.3 Å². The summed E-state index contributed by atoms with van der Waals surface area (Å²) in [5.41, 5.74) is 0.0867. The van der Waals surface area contributed by atoms with Crippen LogP contribution in [0.4, 0.5) is 5.69 Å². The first-order valence-electron chi connectivity index (χ1n) is 8.42. The molecule has 1 atom stereocenters. The Kier molecular flexibility index (Phi) is 6.65. The molecule has 1 aliphatic rings. The average Bonchev–Trinajstić information content (AvgIpc) is 2.63. The van der Waals surface area contributed by atoms with Gasteiger partial charge in [0.2, 0.25) is 5.91 Å². The van der Waals surface area contributed by atoms with Crippen molar-refractivity contribution in [1.29, 1.82) is 0 Å². The van der Waals surface area contributed by atoms with Gasteiger partial charge in [0.1, 0.15) is 6.04 Å². The molecule has 1 heterocycles. The molecule has 0 unspecified atom stereocenters. The van der Waals surface area contributed by atoms with Gasteiger partial charge in [0.05, 0.1) is 18.0 Å². The second-order valence-corrected chi connectivity index (χ2v) is 5.89. The van der Waals surface area contributed by atoms with E-state index in [0.29, 0.717) is 0 Å². The highest BCUT2D eigenvalue weighted by Crippen LogP contribution is 2.17. The minimum Gasteiger partial charge on any atom is -0.466 e. The topological polar surface area (TPSA) is 119 Å². The van der Waals surface area contributed by atoms with E-state index in [9.17, 15) is 24.5 Å². The average molecular weight is 363 g/mol. The maximum atomic E-state index is 12.7. The fourth-order valence-electron chi connectivity index (χ4n) is 2.60. The molecule has 0 spiro atoms. The Morgan fingerprint density at radius 3 is 2.65 bits per heavy atom. The van der Waals surface area contributed by atoms with Gasteiger partial charge in [-0.15, -0.1) is 0 Å². The highest BCUT2D eigenvalue weighted by molar-refractivity contribution is 5.99. The number of amides is 2. The van der Waals surface area contributed by atoms with Crippen molar-refractivity contribution in [3.8, 4) is 0 Å². The summed E-state index contributed by atoms with van der Waals surface area (Å²) in [6.45, 7) is 2.76. The summed E-state index contributed by atoms with van der Waals surface area (Å²) in [5, 5.41) is 13.3. The van der Waals surface area contributed by atoms with Gasteiger partial charge in [-0.1, -0.05) is 13.3 Å². The molecule has 26 heavy (non-hydrogen) atoms. The summed E-state index contributed by atoms with van der Waals surface area (Å²) in [6.07, 6.45) is 1.38. The molecule has 1 aliphatic heterocycles. The largest absolute Gasteiger partial charge is 0.466 e. The van der Waals surface area contributed by atoms with Crippen LogP contribution in [-0.2, 0) is 14.3 Å². The normalized spacial score (nSPS) is 16.7. The monoisotopic (exact) mass is 363 g/mol. The SMILES string of the molecule is CCCCOC(=O)C[C@@H]1C(=O)NCCN1C(=O)c1ccc([N+](=O)[O-])cc1. The number of carbonyl (C=O) groups excluding carboxylic acids is 3. The minimum atomic E-state index is -0.958. The molecule has 140 valence electrons. The lowest BCUT2D eigenvalue weighted by atomic mass is 10.1. The summed E-state index contributed by atoms with van der Waals surface area (Å²) in [4.78, 5) is 48.3. The van der Waals surface area contributed by atoms with Crippen molar-refractivity contribution in [2.24, 2.45) is 0 Å². The number of nitro benzene ring substituents is 1. The molecule has 0 aliphatic carbocycles. The summed E-state index contributed by atoms with van der Waals surface area (Å²) >= 11 is 0. The van der Waals surface area contributed by atoms with E-state index in [4.69, 9.17) is 4.74 Å². The van der Waals surface area contributed by atoms with Gasteiger partial charge in [0.15, 0.2) is 0 Å². The number of hydrogen-bond donors (Lipinski definition) is 1. The fraction of sp³-hybridized carbons (Fsp3) is 0.471. The van der Waals surface area contributed by atoms with E-state index >= 15 is 0 Å². The van der Waals surface area contributed by atoms with Crippen molar-refractivity contribution in [2.75, 3.05) is 19.7 Å². The number of hydrogen-bond acceptors (Lipinski definition) is 6. The van der Waals surface area contributed by atoms with E-state index in [1.807, 2.05) is 6.92 Å². The quantitative estimate of drug-likeness (QED) is 0.337. The Morgan fingerprint density at radius 1 is 1.35 bits per heavy atom. The zero-order valence-electron chi connectivity index (χ0n) is 14.5. The van der Waals surface area contributed by atoms with E-state index in [0.717, 1.165) is 12.8 Å². The lowest BCUT2D eigenvalue weighted by Gasteiger charge is -2.34. The lowest BCUT2D eigenvalue weighted by Crippen LogP contribution is -2.57. The summed E-state index contributed by atoms with van der Waals surface area (Å²) in [5.74, 6) is -1.41. The molecule has 2 rings (SSSR count). The molecule has 1 fully saturated rings. The van der Waals surface area contributed by atoms with Crippen LogP contribution in [0.25, 0.3) is 0 Å². The molecule has 9 nitrogen and oxygen atoms in total. The molecule has 0 bridgehead atoms. The summed E-state index contributed by atoms with van der Waals surface area (Å²) in [7, 11) is 0. The number of esters is 1. The number of non-ortho nitro benzene ring substituents is 1. The standard InChI is InChI=1S/C17H21N3O6/c1-2-3-10-26-15(21)11-14-16(22)18-8-9-19(14)17(23)12-4-6-13(7-5-12)20(24)25/h4-7,14H,2-3,8-11H2,1H3,(H,18,22)/t14-/m1/s1. The first kappa shape index (κ1) is 19.4. The van der Waals surface area contributed by atoms with Crippen molar-refractivity contribution in [1.82, 2.24) is 10.2 Å². The van der Waals surface area contributed by atoms with Crippen LogP contribution in [0.5, 0.6) is 0 Å². The van der Waals surface area contributed by atoms with Crippen molar-refractivity contribution in [2.45, 2.75) is 32.2 Å². The number of rotatable bonds is 7. The second-order valence-electron chi connectivity index (χ2n) is 5.89. The van der Waals surface area contributed by atoms with E-state index < -0.39 is 28.7 Å². The Balaban J connectivity index is 2.10. The van der Waals surface area contributed by atoms with Crippen LogP contribution in [0, 0.1) is 10.1 Å². The minimum absolute atomic E-state index is 0.131. The van der Waals surface area contributed by atoms with E-state index in [1.54, 1.807) is 0 Å². The Bertz CT molecular complexity index is 688. The van der Waals surface area contributed by atoms with Crippen LogP contribution in [-0.4, -0.2) is 53.3 Å². The Morgan fingerprint density at radius 2 is 2.04 bits per heavy atom. The summed E-state index contributed by atoms with van der Waals surface area (Å²) in [6, 6.07) is 4.17. The van der Waals surface area contributed by atoms with Crippen molar-refractivity contribution < 1.29 is 24.0 Å². The predicted octanol–water partition coefficient (Wildman–Crippen LogP) is 1.27. The molecule has 1 aromatic rings. The van der Waals surface area contributed by atoms with E-state index in [1.165, 1.54) is 29.2 Å². The Hall–Kier alpha value is -2.97. The second kappa shape index (κ2) is 8.93. The zero-order valence-corrected chi connectivity index (χ0v) is 14.5. The van der Waals surface area contributed by atoms with Gasteiger partial charge in [0, 0.05) is 30.8 Å². The molecular formula is C17H21N3O6. The summed E-state index contributed by atoms with van der Waals surface area (Å²) < 4.78 is 5.08. The molecule has 1 N–H and O–H groups in total. The first-order valence-corrected chi connectivity index (χ1v) is 8.42. The van der Waals surface area contributed by atoms with Crippen LogP contribution < -0.4 is 5.32 Å². The number of ether oxygens (including phenoxy) is 1. The first-order chi connectivity index (χ1) is 12.4. The fourth-order valence-corrected chi connectivity index (χ4v) is 2.60. The molecule has 0 saturated carbocycles. The number of nitro groups is 1. The number of benzene rings is 1. The van der Waals surface area contributed by atoms with Gasteiger partial charge in [0.25, 0.3) is 11.6 Å². The van der Waals surface area contributed by atoms with E-state index in [-0.39, 0.29) is 37.4 Å². The van der Waals surface area contributed by atoms with E-state index in [2.05, 4.69) is 5.32 Å². The van der Waals surface area contributed by atoms with Gasteiger partial charge in [-0.2, -0.15) is 0 Å². The molecule has 0 radical (unpaired) electrons. The maximum absolute atomic E-state index is 12.7. The van der Waals surface area contributed by atoms with Gasteiger partial charge < -0.3 is 15.0 Å². The van der Waals surface area contributed by atoms with Gasteiger partial charge in [-0.05, 0) is 18.6 Å². The number of nitrogens with one attached hydrogen (secondary N) is 1. The molecule has 1 saturated heterocycles. The van der Waals surface area contributed by atoms with Crippen LogP contribution >= 0.6 is 0 Å². The lowest BCUT2D eigenvalue weighted by molar-refractivity contribution is -0.384. The number of nitrogens with zero attached hydrogens (tertiary/aromatic N) is 2. The predicted molar refractivity (Wildman–Crippen MR) is 91.4 cm³/mol. The van der Waals surface area contributed by atoms with Crippen LogP contribution in [0.2, 0.25) is 0 Å². The molecule has 1 aromatic carbocycles. The van der Waals surface area contributed by atoms with Crippen molar-refractivity contribution in [3.63, 3.8) is 0 Å². The van der Waals surface area contributed by atoms with Crippen molar-refractivity contribution >= 4 is 23.5 Å². The molecular weight excluding hydrogens is 342 g/mol. The smallest absolute Gasteiger partial charge is 0.308 e. The van der Waals surface area contributed by atoms with Crippen LogP contribution in [0.3, 0.4) is 0 Å². The third-order valence-electron chi connectivity index (χ3n) is 4.04. The van der Waals surface area contributed by atoms with Crippen molar-refractivity contribution in [3.05, 3.63) is 39.9 Å². The van der Waals surface area contributed by atoms with Gasteiger partial charge >= 0.3 is 5.97 Å². The van der Waals surface area contributed by atoms with Gasteiger partial charge in [-0.3, -0.25) is 24.5 Å². The van der Waals surface area contributed by atoms with Gasteiger partial charge in [-0.25, -0.2) is 0 Å². The number of piperazine rings is 1. The Labute approximate surface area is 150 Å². The third-order valence-corrected chi connectivity index (χ3v) is 4.04. The molecule has 2 amide bonds. The highest BCUT2D eigenvalue weighted by atomic mass is 16.6. The molecule has 9 heteroatoms. The maximum Gasteiger partial charge on any atom is 0.308 e. The third kappa shape index (κ3) is 4.78. The van der Waals surface area contributed by atoms with Crippen LogP contribution in [0.1, 0.15) is 36.5 Å². The molecule has 0 aromatic heterocycles. The zero-order chi connectivity index (χ0) is 19.1.